The van der Waals surface area contributed by atoms with Crippen LogP contribution in [0.1, 0.15) is 16.7 Å². The van der Waals surface area contributed by atoms with Crippen LogP contribution in [0.2, 0.25) is 0 Å². The fourth-order valence-corrected chi connectivity index (χ4v) is 1.80. The number of aliphatic hydroxyl groups is 1. The van der Waals surface area contributed by atoms with Gasteiger partial charge in [0.25, 0.3) is 0 Å². The summed E-state index contributed by atoms with van der Waals surface area (Å²) in [6.07, 6.45) is -4.52. The van der Waals surface area contributed by atoms with Gasteiger partial charge in [0.05, 0.1) is 12.2 Å². The minimum Gasteiger partial charge on any atom is -0.488 e. The SMILES string of the molecule is Nc1ccc(OCc2ccc(CO)cc2)c(C(F)(F)F)c1. The molecule has 0 aliphatic heterocycles. The molecule has 112 valence electrons. The lowest BCUT2D eigenvalue weighted by atomic mass is 10.1. The molecule has 0 fully saturated rings. The van der Waals surface area contributed by atoms with Crippen molar-refractivity contribution in [1.29, 1.82) is 0 Å². The van der Waals surface area contributed by atoms with Gasteiger partial charge in [-0.15, -0.1) is 0 Å². The third kappa shape index (κ3) is 3.88. The minimum atomic E-state index is -4.52. The third-order valence-electron chi connectivity index (χ3n) is 2.91. The summed E-state index contributed by atoms with van der Waals surface area (Å²) in [5, 5.41) is 8.92. The maximum absolute atomic E-state index is 12.9. The predicted molar refractivity (Wildman–Crippen MR) is 72.6 cm³/mol. The summed E-state index contributed by atoms with van der Waals surface area (Å²) in [5.41, 5.74) is 5.95. The first-order chi connectivity index (χ1) is 9.90. The van der Waals surface area contributed by atoms with Crippen molar-refractivity contribution in [2.24, 2.45) is 0 Å². The molecule has 2 aromatic rings. The molecule has 0 amide bonds. The number of hydrogen-bond donors (Lipinski definition) is 2. The highest BCUT2D eigenvalue weighted by atomic mass is 19.4. The summed E-state index contributed by atoms with van der Waals surface area (Å²) in [7, 11) is 0. The summed E-state index contributed by atoms with van der Waals surface area (Å²) < 4.78 is 43.9. The fourth-order valence-electron chi connectivity index (χ4n) is 1.80. The number of nitrogens with two attached hydrogens (primary N) is 1. The molecule has 0 aliphatic rings. The number of benzene rings is 2. The van der Waals surface area contributed by atoms with E-state index in [0.29, 0.717) is 5.56 Å². The van der Waals surface area contributed by atoms with Gasteiger partial charge in [-0.3, -0.25) is 0 Å². The average Bonchev–Trinajstić information content (AvgIpc) is 2.45. The summed E-state index contributed by atoms with van der Waals surface area (Å²) in [6, 6.07) is 10.2. The highest BCUT2D eigenvalue weighted by Gasteiger charge is 2.34. The molecular weight excluding hydrogens is 283 g/mol. The molecule has 2 rings (SSSR count). The lowest BCUT2D eigenvalue weighted by molar-refractivity contribution is -0.139. The van der Waals surface area contributed by atoms with Crippen molar-refractivity contribution >= 4 is 5.69 Å². The summed E-state index contributed by atoms with van der Waals surface area (Å²) in [5.74, 6) is -0.261. The zero-order valence-corrected chi connectivity index (χ0v) is 11.0. The Kier molecular flexibility index (Phi) is 4.37. The monoisotopic (exact) mass is 297 g/mol. The van der Waals surface area contributed by atoms with Crippen molar-refractivity contribution in [3.05, 3.63) is 59.2 Å². The Morgan fingerprint density at radius 1 is 1.00 bits per heavy atom. The first-order valence-corrected chi connectivity index (χ1v) is 6.18. The normalized spacial score (nSPS) is 11.4. The molecule has 21 heavy (non-hydrogen) atoms. The van der Waals surface area contributed by atoms with Crippen LogP contribution < -0.4 is 10.5 Å². The van der Waals surface area contributed by atoms with Crippen LogP contribution in [0.25, 0.3) is 0 Å². The van der Waals surface area contributed by atoms with E-state index in [9.17, 15) is 13.2 Å². The van der Waals surface area contributed by atoms with Crippen LogP contribution in [-0.4, -0.2) is 5.11 Å². The minimum absolute atomic E-state index is 0.00128. The van der Waals surface area contributed by atoms with Gasteiger partial charge in [0, 0.05) is 5.69 Å². The number of hydrogen-bond acceptors (Lipinski definition) is 3. The molecule has 0 saturated carbocycles. The van der Waals surface area contributed by atoms with Gasteiger partial charge in [0.15, 0.2) is 0 Å². The van der Waals surface area contributed by atoms with E-state index in [-0.39, 0.29) is 24.7 Å². The zero-order valence-electron chi connectivity index (χ0n) is 11.0. The lowest BCUT2D eigenvalue weighted by Crippen LogP contribution is -2.09. The number of halogens is 3. The molecule has 0 atom stereocenters. The van der Waals surface area contributed by atoms with E-state index >= 15 is 0 Å². The van der Waals surface area contributed by atoms with Gasteiger partial charge < -0.3 is 15.6 Å². The molecule has 0 bridgehead atoms. The van der Waals surface area contributed by atoms with Crippen LogP contribution in [0.15, 0.2) is 42.5 Å². The van der Waals surface area contributed by atoms with Gasteiger partial charge in [0.1, 0.15) is 12.4 Å². The van der Waals surface area contributed by atoms with Gasteiger partial charge in [0.2, 0.25) is 0 Å². The van der Waals surface area contributed by atoms with Crippen LogP contribution in [0.5, 0.6) is 5.75 Å². The van der Waals surface area contributed by atoms with Crippen molar-refractivity contribution < 1.29 is 23.0 Å². The van der Waals surface area contributed by atoms with Crippen LogP contribution in [0.4, 0.5) is 18.9 Å². The second-order valence-electron chi connectivity index (χ2n) is 4.52. The lowest BCUT2D eigenvalue weighted by Gasteiger charge is -2.14. The topological polar surface area (TPSA) is 55.5 Å². The van der Waals surface area contributed by atoms with Gasteiger partial charge >= 0.3 is 6.18 Å². The molecule has 0 aromatic heterocycles. The van der Waals surface area contributed by atoms with E-state index in [1.54, 1.807) is 24.3 Å². The number of rotatable bonds is 4. The summed E-state index contributed by atoms with van der Waals surface area (Å²) >= 11 is 0. The van der Waals surface area contributed by atoms with E-state index < -0.39 is 11.7 Å². The Bertz CT molecular complexity index is 609. The van der Waals surface area contributed by atoms with Crippen molar-refractivity contribution in [3.8, 4) is 5.75 Å². The Hall–Kier alpha value is -2.21. The highest BCUT2D eigenvalue weighted by molar-refractivity contribution is 5.49. The average molecular weight is 297 g/mol. The van der Waals surface area contributed by atoms with Gasteiger partial charge in [-0.1, -0.05) is 24.3 Å². The van der Waals surface area contributed by atoms with Crippen LogP contribution in [0, 0.1) is 0 Å². The molecule has 0 unspecified atom stereocenters. The van der Waals surface area contributed by atoms with Crippen LogP contribution in [0.3, 0.4) is 0 Å². The molecule has 3 N–H and O–H groups in total. The van der Waals surface area contributed by atoms with E-state index in [2.05, 4.69) is 0 Å². The Labute approximate surface area is 119 Å². The largest absolute Gasteiger partial charge is 0.488 e. The molecule has 0 aliphatic carbocycles. The maximum atomic E-state index is 12.9. The Morgan fingerprint density at radius 2 is 1.62 bits per heavy atom. The molecule has 3 nitrogen and oxygen atoms in total. The summed E-state index contributed by atoms with van der Waals surface area (Å²) in [4.78, 5) is 0. The van der Waals surface area contributed by atoms with E-state index in [4.69, 9.17) is 15.6 Å². The number of aliphatic hydroxyl groups excluding tert-OH is 1. The maximum Gasteiger partial charge on any atom is 0.420 e. The van der Waals surface area contributed by atoms with E-state index in [1.807, 2.05) is 0 Å². The second-order valence-corrected chi connectivity index (χ2v) is 4.52. The molecule has 0 heterocycles. The molecule has 6 heteroatoms. The molecule has 2 aromatic carbocycles. The molecule has 0 radical (unpaired) electrons. The van der Waals surface area contributed by atoms with Crippen molar-refractivity contribution in [1.82, 2.24) is 0 Å². The van der Waals surface area contributed by atoms with Crippen LogP contribution in [-0.2, 0) is 19.4 Å². The second kappa shape index (κ2) is 6.05. The Balaban J connectivity index is 2.15. The number of ether oxygens (including phenoxy) is 1. The first kappa shape index (κ1) is 15.2. The molecule has 0 saturated heterocycles. The highest BCUT2D eigenvalue weighted by Crippen LogP contribution is 2.37. The van der Waals surface area contributed by atoms with Crippen LogP contribution >= 0.6 is 0 Å². The smallest absolute Gasteiger partial charge is 0.420 e. The number of alkyl halides is 3. The van der Waals surface area contributed by atoms with E-state index in [0.717, 1.165) is 11.6 Å². The number of nitrogen functional groups attached to an aromatic ring is 1. The van der Waals surface area contributed by atoms with Crippen molar-refractivity contribution in [3.63, 3.8) is 0 Å². The van der Waals surface area contributed by atoms with Crippen molar-refractivity contribution in [2.45, 2.75) is 19.4 Å². The summed E-state index contributed by atoms with van der Waals surface area (Å²) in [6.45, 7) is -0.0873. The first-order valence-electron chi connectivity index (χ1n) is 6.18. The number of anilines is 1. The van der Waals surface area contributed by atoms with Gasteiger partial charge in [-0.2, -0.15) is 13.2 Å². The van der Waals surface area contributed by atoms with Crippen molar-refractivity contribution in [2.75, 3.05) is 5.73 Å². The Morgan fingerprint density at radius 3 is 2.19 bits per heavy atom. The molecule has 0 spiro atoms. The van der Waals surface area contributed by atoms with Gasteiger partial charge in [-0.05, 0) is 29.3 Å². The third-order valence-corrected chi connectivity index (χ3v) is 2.91. The zero-order chi connectivity index (χ0) is 15.5. The predicted octanol–water partition coefficient (Wildman–Crippen LogP) is 3.36. The standard InChI is InChI=1S/C15H14F3NO2/c16-15(17,18)13-7-12(19)5-6-14(13)21-9-11-3-1-10(8-20)2-4-11/h1-7,20H,8-9,19H2. The fraction of sp³-hybridized carbons (Fsp3) is 0.200. The molecular formula is C15H14F3NO2. The van der Waals surface area contributed by atoms with Gasteiger partial charge in [-0.25, -0.2) is 0 Å². The van der Waals surface area contributed by atoms with E-state index in [1.165, 1.54) is 12.1 Å². The quantitative estimate of drug-likeness (QED) is 0.851.